The first-order valence-corrected chi connectivity index (χ1v) is 11.8. The van der Waals surface area contributed by atoms with Gasteiger partial charge < -0.3 is 9.15 Å². The summed E-state index contributed by atoms with van der Waals surface area (Å²) in [4.78, 5) is 9.67. The molecule has 5 aromatic rings. The number of para-hydroxylation sites is 2. The van der Waals surface area contributed by atoms with E-state index in [4.69, 9.17) is 30.7 Å². The van der Waals surface area contributed by atoms with Gasteiger partial charge in [-0.25, -0.2) is 9.98 Å². The van der Waals surface area contributed by atoms with E-state index in [1.54, 1.807) is 18.4 Å². The van der Waals surface area contributed by atoms with Crippen LogP contribution in [0.4, 0.5) is 5.69 Å². The minimum atomic E-state index is 0.473. The van der Waals surface area contributed by atoms with Crippen LogP contribution >= 0.6 is 38.9 Å². The van der Waals surface area contributed by atoms with E-state index in [0.29, 0.717) is 22.0 Å². The topological polar surface area (TPSA) is 47.6 Å². The lowest BCUT2D eigenvalue weighted by Gasteiger charge is -2.06. The Hall–Kier alpha value is -2.93. The van der Waals surface area contributed by atoms with Crippen LogP contribution in [0.1, 0.15) is 0 Å². The van der Waals surface area contributed by atoms with Crippen molar-refractivity contribution in [1.82, 2.24) is 4.98 Å². The molecule has 3 aromatic carbocycles. The molecule has 7 heteroatoms. The standard InChI is InChI=1S/C25H16BrClN2O2S/c1-30-23-5-3-2-4-20(23)28-24-19(13-16-12-17(26)8-11-22(16)31-24)25-29-21(14-32-25)15-6-9-18(27)10-7-15/h2-14H,1H3. The summed E-state index contributed by atoms with van der Waals surface area (Å²) in [7, 11) is 1.63. The Labute approximate surface area is 201 Å². The Morgan fingerprint density at radius 3 is 2.66 bits per heavy atom. The van der Waals surface area contributed by atoms with Crippen LogP contribution in [0.15, 0.2) is 92.1 Å². The van der Waals surface area contributed by atoms with Crippen LogP contribution in [-0.4, -0.2) is 12.1 Å². The van der Waals surface area contributed by atoms with Gasteiger partial charge in [-0.15, -0.1) is 11.3 Å². The van der Waals surface area contributed by atoms with Crippen molar-refractivity contribution in [3.63, 3.8) is 0 Å². The molecule has 0 spiro atoms. The Morgan fingerprint density at radius 2 is 1.84 bits per heavy atom. The number of nitrogens with zero attached hydrogens (tertiary/aromatic N) is 2. The quantitative estimate of drug-likeness (QED) is 0.241. The van der Waals surface area contributed by atoms with Crippen LogP contribution in [0, 0.1) is 0 Å². The smallest absolute Gasteiger partial charge is 0.230 e. The molecule has 0 saturated heterocycles. The summed E-state index contributed by atoms with van der Waals surface area (Å²) in [6.07, 6.45) is 0. The number of hydrogen-bond acceptors (Lipinski definition) is 5. The number of rotatable bonds is 4. The van der Waals surface area contributed by atoms with E-state index in [1.165, 1.54) is 0 Å². The van der Waals surface area contributed by atoms with Gasteiger partial charge in [0.1, 0.15) is 22.0 Å². The first-order chi connectivity index (χ1) is 15.6. The number of hydrogen-bond donors (Lipinski definition) is 0. The zero-order valence-corrected chi connectivity index (χ0v) is 20.0. The lowest BCUT2D eigenvalue weighted by molar-refractivity contribution is 0.415. The van der Waals surface area contributed by atoms with Crippen molar-refractivity contribution in [3.8, 4) is 27.6 Å². The first kappa shape index (κ1) is 20.9. The Balaban J connectivity index is 1.72. The molecule has 5 rings (SSSR count). The van der Waals surface area contributed by atoms with Crippen LogP contribution in [0.3, 0.4) is 0 Å². The van der Waals surface area contributed by atoms with Gasteiger partial charge in [-0.1, -0.05) is 51.8 Å². The lowest BCUT2D eigenvalue weighted by atomic mass is 10.1. The van der Waals surface area contributed by atoms with Crippen LogP contribution in [-0.2, 0) is 0 Å². The molecule has 4 nitrogen and oxygen atoms in total. The summed E-state index contributed by atoms with van der Waals surface area (Å²) in [5.41, 5.74) is 4.58. The van der Waals surface area contributed by atoms with Gasteiger partial charge in [0.15, 0.2) is 0 Å². The van der Waals surface area contributed by atoms with Crippen LogP contribution in [0.5, 0.6) is 5.75 Å². The van der Waals surface area contributed by atoms with E-state index in [-0.39, 0.29) is 0 Å². The summed E-state index contributed by atoms with van der Waals surface area (Å²) in [5.74, 6) is 0.672. The number of thiazole rings is 1. The first-order valence-electron chi connectivity index (χ1n) is 9.74. The molecule has 158 valence electrons. The zero-order chi connectivity index (χ0) is 22.1. The van der Waals surface area contributed by atoms with Gasteiger partial charge in [0.25, 0.3) is 0 Å². The molecule has 0 radical (unpaired) electrons. The van der Waals surface area contributed by atoms with E-state index in [1.807, 2.05) is 72.1 Å². The summed E-state index contributed by atoms with van der Waals surface area (Å²) in [5, 5.41) is 4.49. The Morgan fingerprint density at radius 1 is 1.03 bits per heavy atom. The van der Waals surface area contributed by atoms with E-state index >= 15 is 0 Å². The molecule has 0 N–H and O–H groups in total. The fourth-order valence-electron chi connectivity index (χ4n) is 3.32. The van der Waals surface area contributed by atoms with E-state index in [0.717, 1.165) is 37.3 Å². The minimum Gasteiger partial charge on any atom is -0.494 e. The van der Waals surface area contributed by atoms with E-state index in [2.05, 4.69) is 22.0 Å². The molecule has 0 aliphatic rings. The maximum Gasteiger partial charge on any atom is 0.230 e. The summed E-state index contributed by atoms with van der Waals surface area (Å²) in [6, 6.07) is 23.2. The predicted octanol–water partition coefficient (Wildman–Crippen LogP) is 7.88. The third-order valence-electron chi connectivity index (χ3n) is 4.89. The van der Waals surface area contributed by atoms with Gasteiger partial charge in [0, 0.05) is 25.8 Å². The second-order valence-corrected chi connectivity index (χ2v) is 9.19. The van der Waals surface area contributed by atoms with Crippen LogP contribution in [0.25, 0.3) is 32.8 Å². The summed E-state index contributed by atoms with van der Waals surface area (Å²) < 4.78 is 12.7. The molecule has 32 heavy (non-hydrogen) atoms. The van der Waals surface area contributed by atoms with Crippen molar-refractivity contribution >= 4 is 55.5 Å². The number of halogens is 2. The van der Waals surface area contributed by atoms with Gasteiger partial charge in [0.2, 0.25) is 5.55 Å². The van der Waals surface area contributed by atoms with Gasteiger partial charge >= 0.3 is 0 Å². The van der Waals surface area contributed by atoms with Crippen molar-refractivity contribution in [1.29, 1.82) is 0 Å². The van der Waals surface area contributed by atoms with Gasteiger partial charge in [0.05, 0.1) is 18.4 Å². The van der Waals surface area contributed by atoms with E-state index < -0.39 is 0 Å². The third-order valence-corrected chi connectivity index (χ3v) is 6.51. The number of benzene rings is 3. The number of aromatic nitrogens is 1. The molecule has 0 aliphatic carbocycles. The number of fused-ring (bicyclic) bond motifs is 1. The van der Waals surface area contributed by atoms with Crippen LogP contribution in [0.2, 0.25) is 5.02 Å². The van der Waals surface area contributed by atoms with Crippen LogP contribution < -0.4 is 10.3 Å². The molecule has 0 bridgehead atoms. The zero-order valence-electron chi connectivity index (χ0n) is 16.9. The normalized spacial score (nSPS) is 11.8. The van der Waals surface area contributed by atoms with Gasteiger partial charge in [-0.05, 0) is 48.5 Å². The number of methoxy groups -OCH3 is 1. The lowest BCUT2D eigenvalue weighted by Crippen LogP contribution is -2.05. The predicted molar refractivity (Wildman–Crippen MR) is 134 cm³/mol. The fourth-order valence-corrected chi connectivity index (χ4v) is 4.66. The average Bonchev–Trinajstić information content (AvgIpc) is 3.30. The molecule has 0 amide bonds. The Kier molecular flexibility index (Phi) is 5.83. The van der Waals surface area contributed by atoms with Gasteiger partial charge in [-0.2, -0.15) is 0 Å². The highest BCUT2D eigenvalue weighted by atomic mass is 79.9. The second-order valence-electron chi connectivity index (χ2n) is 6.98. The highest BCUT2D eigenvalue weighted by Gasteiger charge is 2.13. The van der Waals surface area contributed by atoms with Crippen molar-refractivity contribution < 1.29 is 9.15 Å². The highest BCUT2D eigenvalue weighted by Crippen LogP contribution is 2.31. The molecular formula is C25H16BrClN2O2S. The second kappa shape index (κ2) is 8.90. The maximum atomic E-state index is 6.24. The molecule has 0 unspecified atom stereocenters. The molecule has 0 saturated carbocycles. The molecule has 2 heterocycles. The molecular weight excluding hydrogens is 508 g/mol. The highest BCUT2D eigenvalue weighted by molar-refractivity contribution is 9.10. The van der Waals surface area contributed by atoms with Crippen molar-refractivity contribution in [2.75, 3.05) is 7.11 Å². The van der Waals surface area contributed by atoms with Crippen molar-refractivity contribution in [2.45, 2.75) is 0 Å². The van der Waals surface area contributed by atoms with Crippen molar-refractivity contribution in [2.24, 2.45) is 4.99 Å². The Bertz CT molecular complexity index is 1490. The van der Waals surface area contributed by atoms with Crippen molar-refractivity contribution in [3.05, 3.63) is 93.2 Å². The largest absolute Gasteiger partial charge is 0.494 e. The summed E-state index contributed by atoms with van der Waals surface area (Å²) >= 11 is 11.1. The third kappa shape index (κ3) is 4.21. The SMILES string of the molecule is COc1ccccc1N=c1oc2ccc(Br)cc2cc1-c1nc(-c2ccc(Cl)cc2)cs1. The minimum absolute atomic E-state index is 0.473. The molecule has 0 atom stereocenters. The monoisotopic (exact) mass is 522 g/mol. The molecule has 0 fully saturated rings. The molecule has 2 aromatic heterocycles. The number of ether oxygens (including phenoxy) is 1. The van der Waals surface area contributed by atoms with Gasteiger partial charge in [-0.3, -0.25) is 0 Å². The summed E-state index contributed by atoms with van der Waals surface area (Å²) in [6.45, 7) is 0. The molecule has 0 aliphatic heterocycles. The fraction of sp³-hybridized carbons (Fsp3) is 0.0400. The maximum absolute atomic E-state index is 6.24. The van der Waals surface area contributed by atoms with E-state index in [9.17, 15) is 0 Å². The average molecular weight is 524 g/mol.